The summed E-state index contributed by atoms with van der Waals surface area (Å²) in [6.45, 7) is 5.66. The minimum Gasteiger partial charge on any atom is -0.397 e. The van der Waals surface area contributed by atoms with Crippen LogP contribution in [0.1, 0.15) is 43.7 Å². The predicted octanol–water partition coefficient (Wildman–Crippen LogP) is 17.1. The van der Waals surface area contributed by atoms with Gasteiger partial charge in [-0.25, -0.2) is 39.9 Å². The van der Waals surface area contributed by atoms with Crippen LogP contribution in [-0.2, 0) is 13.1 Å². The van der Waals surface area contributed by atoms with Gasteiger partial charge in [-0.2, -0.15) is 20.4 Å². The molecule has 35 heteroatoms. The number of nitrogens with zero attached hydrogens (tertiary/aromatic N) is 24. The molecular weight excluding hydrogens is 1670 g/mol. The monoisotopic (exact) mass is 1740 g/mol. The van der Waals surface area contributed by atoms with Crippen molar-refractivity contribution in [3.8, 4) is 135 Å². The molecule has 0 aliphatic heterocycles. The molecule has 0 saturated heterocycles. The Bertz CT molecular complexity index is 8290. The average molecular weight is 1740 g/mol. The standard InChI is InChI=1S/C29H27N9.C25H21N9.C22H15N9.C22H14N8/c1-2-5-18(4-1)10-31-11-19-8-21(14-32-12-19)22-9-23-27(37-38-28(23)34-15-22)29-35-25-17-33-16-24(26(25)36-29)20-6-3-7-30-13-20;1-2-26-9-15-7-17(11-28-10-15)18-8-19-23(33-34-24(19)30-12-18)25-31-21-14-29-13-20(22(21)32-25)16-3-5-27-6-4-16;23-15-5-13(7-25-9-15)14-6-16-20(30-31-21(16)27-8-14)22-28-18-11-26-10-17(19(18)29-22)12-1-3-24-4-2-12;1-2-14(9-24-5-1)15-8-16-20(29-30-21(16)26-10-15)22-27-18-12-25-11-17(19(18)28-22)13-3-6-23-7-4-13/h3,6-9,12-18,31H,1-2,4-5,10-11H2,(H,35,36)(H,34,37,38);3-8,10-14,26H,2,9H2,1H3,(H,31,32)(H,30,33,34);1-11H,23H2,(H,28,29)(H,27,30,31);1-12H,(H,27,28)(H,26,29,30). The highest BCUT2D eigenvalue weighted by molar-refractivity contribution is 6.02. The number of hydrogen-bond acceptors (Lipinski definition) is 27. The molecule has 24 aromatic heterocycles. The lowest BCUT2D eigenvalue weighted by molar-refractivity contribution is 0.489. The molecule has 0 aromatic carbocycles. The Labute approximate surface area is 754 Å². The average Bonchev–Trinajstić information content (AvgIpc) is 1.63. The fourth-order valence-electron chi connectivity index (χ4n) is 16.7. The Balaban J connectivity index is 0.000000104. The number of H-pyrrole nitrogens is 8. The van der Waals surface area contributed by atoms with Crippen molar-refractivity contribution in [2.45, 2.75) is 45.7 Å². The van der Waals surface area contributed by atoms with Crippen LogP contribution >= 0.6 is 0 Å². The topological polar surface area (TPSA) is 486 Å². The van der Waals surface area contributed by atoms with Crippen molar-refractivity contribution in [3.05, 3.63) is 288 Å². The molecule has 0 radical (unpaired) electrons. The van der Waals surface area contributed by atoms with Gasteiger partial charge < -0.3 is 36.3 Å². The fourth-order valence-corrected chi connectivity index (χ4v) is 16.7. The van der Waals surface area contributed by atoms with E-state index >= 15 is 0 Å². The molecule has 0 unspecified atom stereocenters. The molecule has 1 saturated carbocycles. The van der Waals surface area contributed by atoms with Gasteiger partial charge in [0.15, 0.2) is 45.9 Å². The van der Waals surface area contributed by atoms with Crippen molar-refractivity contribution in [2.75, 3.05) is 18.8 Å². The molecule has 644 valence electrons. The van der Waals surface area contributed by atoms with Crippen LogP contribution in [0.2, 0.25) is 0 Å². The highest BCUT2D eigenvalue weighted by Gasteiger charge is 2.24. The zero-order valence-corrected chi connectivity index (χ0v) is 71.0. The Morgan fingerprint density at radius 3 is 0.985 bits per heavy atom. The van der Waals surface area contributed by atoms with Crippen LogP contribution < -0.4 is 16.4 Å². The summed E-state index contributed by atoms with van der Waals surface area (Å²) >= 11 is 0. The third kappa shape index (κ3) is 16.6. The van der Waals surface area contributed by atoms with Crippen molar-refractivity contribution in [1.82, 2.24) is 171 Å². The van der Waals surface area contributed by atoms with Crippen molar-refractivity contribution < 1.29 is 0 Å². The van der Waals surface area contributed by atoms with E-state index in [-0.39, 0.29) is 0 Å². The Morgan fingerprint density at radius 1 is 0.301 bits per heavy atom. The molecule has 35 nitrogen and oxygen atoms in total. The molecule has 24 aromatic rings. The minimum atomic E-state index is 0.596. The molecule has 24 heterocycles. The molecule has 1 aliphatic carbocycles. The summed E-state index contributed by atoms with van der Waals surface area (Å²) in [4.78, 5) is 102. The number of nitrogens with one attached hydrogen (secondary N) is 10. The van der Waals surface area contributed by atoms with Crippen molar-refractivity contribution in [1.29, 1.82) is 0 Å². The lowest BCUT2D eigenvalue weighted by atomic mass is 10.1. The van der Waals surface area contributed by atoms with Gasteiger partial charge in [0.05, 0.1) is 90.6 Å². The Kier molecular flexibility index (Phi) is 21.8. The van der Waals surface area contributed by atoms with Gasteiger partial charge in [0, 0.05) is 234 Å². The number of aromatic amines is 8. The van der Waals surface area contributed by atoms with E-state index < -0.39 is 0 Å². The fraction of sp³-hybridized carbons (Fsp3) is 0.102. The van der Waals surface area contributed by atoms with Crippen LogP contribution in [0.3, 0.4) is 0 Å². The van der Waals surface area contributed by atoms with Crippen LogP contribution in [0.15, 0.2) is 277 Å². The van der Waals surface area contributed by atoms with E-state index in [0.717, 1.165) is 215 Å². The van der Waals surface area contributed by atoms with Crippen LogP contribution in [0.5, 0.6) is 0 Å². The first kappa shape index (κ1) is 80.7. The number of fused-ring (bicyclic) bond motifs is 8. The van der Waals surface area contributed by atoms with Crippen LogP contribution in [0.4, 0.5) is 5.69 Å². The first-order valence-corrected chi connectivity index (χ1v) is 43.0. The predicted molar refractivity (Wildman–Crippen MR) is 508 cm³/mol. The lowest BCUT2D eigenvalue weighted by Gasteiger charge is -2.11. The zero-order valence-electron chi connectivity index (χ0n) is 71.0. The number of rotatable bonds is 19. The maximum absolute atomic E-state index is 5.89. The van der Waals surface area contributed by atoms with E-state index in [0.29, 0.717) is 51.6 Å². The number of imidazole rings is 4. The summed E-state index contributed by atoms with van der Waals surface area (Å²) in [6.07, 6.45) is 55.6. The van der Waals surface area contributed by atoms with Crippen LogP contribution in [0, 0.1) is 5.92 Å². The lowest BCUT2D eigenvalue weighted by Crippen LogP contribution is -2.20. The van der Waals surface area contributed by atoms with Crippen molar-refractivity contribution >= 4 is 94.0 Å². The largest absolute Gasteiger partial charge is 0.397 e. The third-order valence-corrected chi connectivity index (χ3v) is 23.3. The number of anilines is 1. The summed E-state index contributed by atoms with van der Waals surface area (Å²) < 4.78 is 0. The first-order valence-electron chi connectivity index (χ1n) is 43.0. The summed E-state index contributed by atoms with van der Waals surface area (Å²) in [5.41, 5.74) is 36.5. The van der Waals surface area contributed by atoms with E-state index in [1.165, 1.54) is 31.2 Å². The second-order valence-corrected chi connectivity index (χ2v) is 31.9. The molecule has 0 spiro atoms. The van der Waals surface area contributed by atoms with Crippen LogP contribution in [0.25, 0.3) is 223 Å². The zero-order chi connectivity index (χ0) is 88.9. The van der Waals surface area contributed by atoms with Gasteiger partial charge in [-0.1, -0.05) is 31.9 Å². The number of nitrogens with two attached hydrogens (primary N) is 1. The molecule has 0 amide bonds. The summed E-state index contributed by atoms with van der Waals surface area (Å²) in [6, 6.07) is 33.9. The second-order valence-electron chi connectivity index (χ2n) is 31.9. The smallest absolute Gasteiger partial charge is 0.181 e. The molecule has 1 aliphatic rings. The highest BCUT2D eigenvalue weighted by Crippen LogP contribution is 2.39. The van der Waals surface area contributed by atoms with Gasteiger partial charge in [-0.15, -0.1) is 0 Å². The van der Waals surface area contributed by atoms with Crippen LogP contribution in [-0.4, -0.2) is 173 Å². The van der Waals surface area contributed by atoms with Gasteiger partial charge in [0.2, 0.25) is 0 Å². The maximum atomic E-state index is 5.89. The van der Waals surface area contributed by atoms with Gasteiger partial charge in [0.1, 0.15) is 28.3 Å². The van der Waals surface area contributed by atoms with E-state index in [9.17, 15) is 0 Å². The number of aromatic nitrogens is 32. The molecule has 1 fully saturated rings. The first-order chi connectivity index (χ1) is 65.7. The molecule has 133 heavy (non-hydrogen) atoms. The van der Waals surface area contributed by atoms with E-state index in [4.69, 9.17) is 25.7 Å². The molecule has 0 atom stereocenters. The van der Waals surface area contributed by atoms with E-state index in [2.05, 4.69) is 182 Å². The second kappa shape index (κ2) is 36.0. The van der Waals surface area contributed by atoms with Gasteiger partial charge in [-0.3, -0.25) is 80.2 Å². The Hall–Kier alpha value is -18.1. The van der Waals surface area contributed by atoms with E-state index in [1.807, 2.05) is 147 Å². The Morgan fingerprint density at radius 2 is 0.624 bits per heavy atom. The summed E-state index contributed by atoms with van der Waals surface area (Å²) in [5.74, 6) is 3.51. The summed E-state index contributed by atoms with van der Waals surface area (Å²) in [5, 5.41) is 40.3. The molecule has 0 bridgehead atoms. The minimum absolute atomic E-state index is 0.596. The van der Waals surface area contributed by atoms with Gasteiger partial charge in [0.25, 0.3) is 0 Å². The number of hydrogen-bond donors (Lipinski definition) is 11. The SMILES string of the molecule is CCNCc1cncc(-c2cnc3n[nH]c(-c4nc5c(-c6ccncc6)cncc5[nH]4)c3c2)c1.Nc1cncc(-c2cnc3n[nH]c(-c4nc5c(-c6ccncc6)cncc5[nH]4)c3c2)c1.c1cncc(-c2cnc3n[nH]c(-c4nc5c(-c6ccncc6)cncc5[nH]4)c3c2)c1.c1cncc(-c2cncc3[nH]c(-c4[nH]nc5ncc(-c6cncc(CNCC7CCCC7)c6)cc45)nc23)c1. The molecule has 12 N–H and O–H groups in total. The summed E-state index contributed by atoms with van der Waals surface area (Å²) in [7, 11) is 0. The van der Waals surface area contributed by atoms with Crippen molar-refractivity contribution in [3.63, 3.8) is 0 Å². The van der Waals surface area contributed by atoms with E-state index in [1.54, 1.807) is 105 Å². The molecular formula is C98H77N35. The highest BCUT2D eigenvalue weighted by atomic mass is 15.2. The van der Waals surface area contributed by atoms with Gasteiger partial charge in [-0.05, 0) is 151 Å². The normalized spacial score (nSPS) is 12.2. The third-order valence-electron chi connectivity index (χ3n) is 23.3. The van der Waals surface area contributed by atoms with Crippen molar-refractivity contribution in [2.24, 2.45) is 5.92 Å². The quantitative estimate of drug-likeness (QED) is 0.0358. The molecule has 25 rings (SSSR count). The van der Waals surface area contributed by atoms with Gasteiger partial charge >= 0.3 is 0 Å². The number of pyridine rings is 16. The number of nitrogen functional groups attached to an aromatic ring is 1. The maximum Gasteiger partial charge on any atom is 0.181 e.